The zero-order valence-corrected chi connectivity index (χ0v) is 13.0. The van der Waals surface area contributed by atoms with Crippen molar-refractivity contribution >= 4 is 17.6 Å². The molecule has 0 aromatic heterocycles. The second kappa shape index (κ2) is 6.32. The predicted octanol–water partition coefficient (Wildman–Crippen LogP) is 2.14. The van der Waals surface area contributed by atoms with Gasteiger partial charge in [-0.1, -0.05) is 38.1 Å². The smallest absolute Gasteiger partial charge is 0.337 e. The summed E-state index contributed by atoms with van der Waals surface area (Å²) in [6, 6.07) is 6.92. The first-order valence-electron chi connectivity index (χ1n) is 7.48. The van der Waals surface area contributed by atoms with Gasteiger partial charge in [0, 0.05) is 12.1 Å². The summed E-state index contributed by atoms with van der Waals surface area (Å²) in [5.74, 6) is -1.30. The molecule has 1 N–H and O–H groups in total. The highest BCUT2D eigenvalue weighted by atomic mass is 16.5. The van der Waals surface area contributed by atoms with Crippen molar-refractivity contribution in [2.45, 2.75) is 32.3 Å². The fourth-order valence-electron chi connectivity index (χ4n) is 2.63. The van der Waals surface area contributed by atoms with E-state index in [4.69, 9.17) is 4.74 Å². The number of fused-ring (bicyclic) bond motifs is 1. The van der Waals surface area contributed by atoms with E-state index in [-0.39, 0.29) is 12.2 Å². The molecule has 0 bridgehead atoms. The van der Waals surface area contributed by atoms with Crippen molar-refractivity contribution in [3.05, 3.63) is 42.0 Å². The van der Waals surface area contributed by atoms with E-state index >= 15 is 0 Å². The number of para-hydroxylation sites is 1. The lowest BCUT2D eigenvalue weighted by Crippen LogP contribution is -2.44. The lowest BCUT2D eigenvalue weighted by atomic mass is 9.88. The van der Waals surface area contributed by atoms with Gasteiger partial charge in [0.2, 0.25) is 5.60 Å². The van der Waals surface area contributed by atoms with Crippen LogP contribution in [0.1, 0.15) is 32.3 Å². The Bertz CT molecular complexity index is 610. The molecule has 1 heterocycles. The van der Waals surface area contributed by atoms with Crippen LogP contribution in [0.2, 0.25) is 0 Å². The molecule has 118 valence electrons. The van der Waals surface area contributed by atoms with Crippen molar-refractivity contribution in [1.82, 2.24) is 0 Å². The minimum Gasteiger partial charge on any atom is -0.463 e. The van der Waals surface area contributed by atoms with Gasteiger partial charge in [-0.15, -0.1) is 0 Å². The first-order valence-corrected chi connectivity index (χ1v) is 7.48. The van der Waals surface area contributed by atoms with Crippen LogP contribution in [0.3, 0.4) is 0 Å². The van der Waals surface area contributed by atoms with Crippen LogP contribution in [0.4, 0.5) is 5.69 Å². The van der Waals surface area contributed by atoms with E-state index in [1.165, 1.54) is 4.90 Å². The Morgan fingerprint density at radius 3 is 2.68 bits per heavy atom. The first-order chi connectivity index (χ1) is 10.5. The van der Waals surface area contributed by atoms with Crippen LogP contribution in [-0.4, -0.2) is 30.1 Å². The SMILES string of the molecule is C=C(C(=O)OCC)C1(O)C(=O)N(CCCC)c2ccccc21. The maximum atomic E-state index is 12.7. The number of unbranched alkanes of at least 4 members (excludes halogenated alkanes) is 1. The largest absolute Gasteiger partial charge is 0.463 e. The lowest BCUT2D eigenvalue weighted by molar-refractivity contribution is -0.145. The van der Waals surface area contributed by atoms with Crippen LogP contribution >= 0.6 is 0 Å². The van der Waals surface area contributed by atoms with Gasteiger partial charge < -0.3 is 14.7 Å². The van der Waals surface area contributed by atoms with Gasteiger partial charge in [0.05, 0.1) is 17.9 Å². The molecular formula is C17H21NO4. The summed E-state index contributed by atoms with van der Waals surface area (Å²) in [5, 5.41) is 11.0. The molecule has 22 heavy (non-hydrogen) atoms. The van der Waals surface area contributed by atoms with Gasteiger partial charge in [0.15, 0.2) is 0 Å². The van der Waals surface area contributed by atoms with Crippen LogP contribution in [0.5, 0.6) is 0 Å². The maximum Gasteiger partial charge on any atom is 0.337 e. The molecule has 1 aliphatic heterocycles. The summed E-state index contributed by atoms with van der Waals surface area (Å²) in [7, 11) is 0. The minimum atomic E-state index is -2.05. The van der Waals surface area contributed by atoms with Crippen LogP contribution in [0, 0.1) is 0 Å². The number of hydrogen-bond donors (Lipinski definition) is 1. The van der Waals surface area contributed by atoms with Crippen LogP contribution in [-0.2, 0) is 19.9 Å². The molecule has 1 atom stereocenters. The van der Waals surface area contributed by atoms with Gasteiger partial charge >= 0.3 is 5.97 Å². The number of rotatable bonds is 6. The molecule has 1 aliphatic rings. The molecular weight excluding hydrogens is 282 g/mol. The van der Waals surface area contributed by atoms with Crippen molar-refractivity contribution < 1.29 is 19.4 Å². The summed E-state index contributed by atoms with van der Waals surface area (Å²) in [5.41, 5.74) is -1.29. The van der Waals surface area contributed by atoms with Gasteiger partial charge in [-0.05, 0) is 19.4 Å². The second-order valence-electron chi connectivity index (χ2n) is 5.24. The van der Waals surface area contributed by atoms with E-state index in [1.807, 2.05) is 6.92 Å². The average molecular weight is 303 g/mol. The summed E-state index contributed by atoms with van der Waals surface area (Å²) in [6.07, 6.45) is 1.73. The monoisotopic (exact) mass is 303 g/mol. The standard InChI is InChI=1S/C17H21NO4/c1-4-6-11-18-14-10-8-7-9-13(14)17(21,16(18)20)12(3)15(19)22-5-2/h7-10,21H,3-6,11H2,1-2H3. The molecule has 1 amide bonds. The van der Waals surface area contributed by atoms with Crippen LogP contribution < -0.4 is 4.90 Å². The fourth-order valence-corrected chi connectivity index (χ4v) is 2.63. The molecule has 0 saturated carbocycles. The maximum absolute atomic E-state index is 12.7. The van der Waals surface area contributed by atoms with Crippen molar-refractivity contribution in [3.63, 3.8) is 0 Å². The van der Waals surface area contributed by atoms with Gasteiger partial charge in [-0.3, -0.25) is 4.79 Å². The first kappa shape index (κ1) is 16.2. The Labute approximate surface area is 130 Å². The third-order valence-electron chi connectivity index (χ3n) is 3.83. The Balaban J connectivity index is 2.46. The number of amides is 1. The predicted molar refractivity (Wildman–Crippen MR) is 83.4 cm³/mol. The van der Waals surface area contributed by atoms with E-state index in [0.29, 0.717) is 17.8 Å². The van der Waals surface area contributed by atoms with Crippen LogP contribution in [0.25, 0.3) is 0 Å². The van der Waals surface area contributed by atoms with E-state index in [0.717, 1.165) is 12.8 Å². The zero-order valence-electron chi connectivity index (χ0n) is 13.0. The normalized spacial score (nSPS) is 20.0. The van der Waals surface area contributed by atoms with E-state index in [9.17, 15) is 14.7 Å². The number of ether oxygens (including phenoxy) is 1. The Morgan fingerprint density at radius 2 is 2.05 bits per heavy atom. The highest BCUT2D eigenvalue weighted by molar-refractivity contribution is 6.13. The zero-order chi connectivity index (χ0) is 16.3. The lowest BCUT2D eigenvalue weighted by Gasteiger charge is -2.24. The molecule has 2 rings (SSSR count). The summed E-state index contributed by atoms with van der Waals surface area (Å²) in [4.78, 5) is 26.2. The molecule has 5 nitrogen and oxygen atoms in total. The number of anilines is 1. The number of carbonyl (C=O) groups excluding carboxylic acids is 2. The topological polar surface area (TPSA) is 66.8 Å². The Kier molecular flexibility index (Phi) is 4.66. The number of aliphatic hydroxyl groups is 1. The van der Waals surface area contributed by atoms with E-state index in [2.05, 4.69) is 6.58 Å². The van der Waals surface area contributed by atoms with Crippen molar-refractivity contribution in [2.75, 3.05) is 18.1 Å². The molecule has 0 fully saturated rings. The highest BCUT2D eigenvalue weighted by Crippen LogP contribution is 2.44. The Morgan fingerprint density at radius 1 is 1.36 bits per heavy atom. The number of carbonyl (C=O) groups is 2. The summed E-state index contributed by atoms with van der Waals surface area (Å²) >= 11 is 0. The molecule has 0 spiro atoms. The van der Waals surface area contributed by atoms with Gasteiger partial charge in [-0.2, -0.15) is 0 Å². The molecule has 0 aliphatic carbocycles. The van der Waals surface area contributed by atoms with Crippen molar-refractivity contribution in [3.8, 4) is 0 Å². The third kappa shape index (κ3) is 2.41. The Hall–Kier alpha value is -2.14. The molecule has 0 radical (unpaired) electrons. The number of nitrogens with zero attached hydrogens (tertiary/aromatic N) is 1. The molecule has 1 aromatic carbocycles. The van der Waals surface area contributed by atoms with E-state index in [1.54, 1.807) is 31.2 Å². The molecule has 0 saturated heterocycles. The molecule has 1 unspecified atom stereocenters. The van der Waals surface area contributed by atoms with Gasteiger partial charge in [-0.25, -0.2) is 4.79 Å². The quantitative estimate of drug-likeness (QED) is 0.646. The van der Waals surface area contributed by atoms with Gasteiger partial charge in [0.25, 0.3) is 5.91 Å². The average Bonchev–Trinajstić information content (AvgIpc) is 2.74. The highest BCUT2D eigenvalue weighted by Gasteiger charge is 2.53. The van der Waals surface area contributed by atoms with E-state index < -0.39 is 17.5 Å². The molecule has 1 aromatic rings. The van der Waals surface area contributed by atoms with Crippen molar-refractivity contribution in [1.29, 1.82) is 0 Å². The third-order valence-corrected chi connectivity index (χ3v) is 3.83. The number of benzene rings is 1. The van der Waals surface area contributed by atoms with Crippen LogP contribution in [0.15, 0.2) is 36.4 Å². The molecule has 5 heteroatoms. The van der Waals surface area contributed by atoms with Crippen molar-refractivity contribution in [2.24, 2.45) is 0 Å². The summed E-state index contributed by atoms with van der Waals surface area (Å²) < 4.78 is 4.89. The second-order valence-corrected chi connectivity index (χ2v) is 5.24. The van der Waals surface area contributed by atoms with Gasteiger partial charge in [0.1, 0.15) is 0 Å². The summed E-state index contributed by atoms with van der Waals surface area (Å²) in [6.45, 7) is 7.95. The minimum absolute atomic E-state index is 0.156. The number of esters is 1. The fraction of sp³-hybridized carbons (Fsp3) is 0.412. The number of hydrogen-bond acceptors (Lipinski definition) is 4.